The van der Waals surface area contributed by atoms with Gasteiger partial charge in [0.1, 0.15) is 6.04 Å². The van der Waals surface area contributed by atoms with Gasteiger partial charge in [0.05, 0.1) is 17.4 Å². The first-order chi connectivity index (χ1) is 12.8. The van der Waals surface area contributed by atoms with Crippen LogP contribution in [0.5, 0.6) is 0 Å². The number of thiazole rings is 1. The Hall–Kier alpha value is -2.10. The summed E-state index contributed by atoms with van der Waals surface area (Å²) in [5.74, 6) is -3.67. The van der Waals surface area contributed by atoms with E-state index in [9.17, 15) is 13.6 Å². The summed E-state index contributed by atoms with van der Waals surface area (Å²) in [7, 11) is 0. The molecule has 0 saturated heterocycles. The van der Waals surface area contributed by atoms with Gasteiger partial charge in [0, 0.05) is 34.6 Å². The number of amides is 1. The summed E-state index contributed by atoms with van der Waals surface area (Å²) in [6.07, 6.45) is 3.85. The zero-order chi connectivity index (χ0) is 19.2. The molecule has 0 aromatic carbocycles. The van der Waals surface area contributed by atoms with Crippen molar-refractivity contribution in [2.45, 2.75) is 37.3 Å². The van der Waals surface area contributed by atoms with Gasteiger partial charge in [-0.3, -0.25) is 4.79 Å². The van der Waals surface area contributed by atoms with Crippen LogP contribution in [0.15, 0.2) is 29.9 Å². The van der Waals surface area contributed by atoms with Crippen LogP contribution in [-0.4, -0.2) is 38.5 Å². The highest BCUT2D eigenvalue weighted by Crippen LogP contribution is 2.33. The average molecular weight is 412 g/mol. The van der Waals surface area contributed by atoms with E-state index in [2.05, 4.69) is 15.4 Å². The van der Waals surface area contributed by atoms with Crippen LogP contribution in [0.3, 0.4) is 0 Å². The Labute approximate surface area is 162 Å². The van der Waals surface area contributed by atoms with Gasteiger partial charge in [0.15, 0.2) is 5.01 Å². The van der Waals surface area contributed by atoms with Crippen molar-refractivity contribution in [2.24, 2.45) is 5.73 Å². The van der Waals surface area contributed by atoms with E-state index >= 15 is 0 Å². The quantitative estimate of drug-likeness (QED) is 0.692. The van der Waals surface area contributed by atoms with Crippen molar-refractivity contribution >= 4 is 34.4 Å². The lowest BCUT2D eigenvalue weighted by molar-refractivity contribution is -0.0674. The fourth-order valence-electron chi connectivity index (χ4n) is 3.28. The first kappa shape index (κ1) is 18.3. The van der Waals surface area contributed by atoms with Crippen LogP contribution in [0.25, 0.3) is 16.8 Å². The molecule has 1 aliphatic carbocycles. The van der Waals surface area contributed by atoms with Crippen molar-refractivity contribution in [1.82, 2.24) is 19.9 Å². The van der Waals surface area contributed by atoms with E-state index in [1.165, 1.54) is 0 Å². The highest BCUT2D eigenvalue weighted by Gasteiger charge is 2.46. The molecular formula is C17H16ClF2N5OS. The number of nitrogens with one attached hydrogen (secondary N) is 1. The van der Waals surface area contributed by atoms with Crippen molar-refractivity contribution in [2.75, 3.05) is 0 Å². The summed E-state index contributed by atoms with van der Waals surface area (Å²) in [4.78, 5) is 16.7. The third kappa shape index (κ3) is 3.42. The number of rotatable bonds is 3. The molecule has 1 fully saturated rings. The Kier molecular flexibility index (Phi) is 4.61. The Morgan fingerprint density at radius 1 is 1.48 bits per heavy atom. The predicted octanol–water partition coefficient (Wildman–Crippen LogP) is 3.36. The molecule has 1 saturated carbocycles. The number of carbonyl (C=O) groups is 1. The third-order valence-corrected chi connectivity index (χ3v) is 5.75. The second-order valence-corrected chi connectivity index (χ2v) is 7.83. The maximum Gasteiger partial charge on any atom is 0.280 e. The van der Waals surface area contributed by atoms with Crippen molar-refractivity contribution < 1.29 is 13.6 Å². The van der Waals surface area contributed by atoms with Crippen molar-refractivity contribution in [3.8, 4) is 11.3 Å². The smallest absolute Gasteiger partial charge is 0.280 e. The maximum absolute atomic E-state index is 14.1. The van der Waals surface area contributed by atoms with E-state index in [1.54, 1.807) is 34.4 Å². The molecule has 1 amide bonds. The molecule has 1 aliphatic rings. The lowest BCUT2D eigenvalue weighted by Gasteiger charge is -2.36. The Morgan fingerprint density at radius 2 is 2.30 bits per heavy atom. The molecule has 0 radical (unpaired) electrons. The number of alkyl halides is 2. The number of nitrogens with zero attached hydrogens (tertiary/aromatic N) is 3. The lowest BCUT2D eigenvalue weighted by Crippen LogP contribution is -2.59. The predicted molar refractivity (Wildman–Crippen MR) is 99.3 cm³/mol. The Balaban J connectivity index is 1.58. The topological polar surface area (TPSA) is 85.3 Å². The van der Waals surface area contributed by atoms with E-state index in [0.29, 0.717) is 29.1 Å². The second-order valence-electron chi connectivity index (χ2n) is 6.54. The van der Waals surface area contributed by atoms with Crippen LogP contribution in [0.1, 0.15) is 29.1 Å². The van der Waals surface area contributed by atoms with Gasteiger partial charge in [0.2, 0.25) is 0 Å². The highest BCUT2D eigenvalue weighted by molar-refractivity contribution is 7.12. The molecule has 4 rings (SSSR count). The number of fused-ring (bicyclic) bond motifs is 1. The number of hydrogen-bond donors (Lipinski definition) is 2. The number of carbonyl (C=O) groups excluding carboxylic acids is 1. The minimum absolute atomic E-state index is 0.0972. The van der Waals surface area contributed by atoms with Crippen molar-refractivity contribution in [3.05, 3.63) is 39.9 Å². The van der Waals surface area contributed by atoms with Crippen molar-refractivity contribution in [1.29, 1.82) is 0 Å². The van der Waals surface area contributed by atoms with Gasteiger partial charge in [0.25, 0.3) is 11.8 Å². The molecule has 2 atom stereocenters. The van der Waals surface area contributed by atoms with Gasteiger partial charge in [-0.05, 0) is 25.0 Å². The fraction of sp³-hybridized carbons (Fsp3) is 0.353. The van der Waals surface area contributed by atoms with E-state index < -0.39 is 23.9 Å². The zero-order valence-electron chi connectivity index (χ0n) is 14.0. The zero-order valence-corrected chi connectivity index (χ0v) is 15.6. The Bertz CT molecular complexity index is 1000. The van der Waals surface area contributed by atoms with Crippen LogP contribution in [0, 0.1) is 0 Å². The Morgan fingerprint density at radius 3 is 3.07 bits per heavy atom. The van der Waals surface area contributed by atoms with E-state index in [0.717, 1.165) is 16.9 Å². The maximum atomic E-state index is 14.1. The lowest BCUT2D eigenvalue weighted by atomic mass is 9.87. The van der Waals surface area contributed by atoms with Gasteiger partial charge in [-0.1, -0.05) is 11.6 Å². The van der Waals surface area contributed by atoms with Gasteiger partial charge in [-0.25, -0.2) is 18.3 Å². The highest BCUT2D eigenvalue weighted by atomic mass is 35.5. The number of halogens is 3. The summed E-state index contributed by atoms with van der Waals surface area (Å²) in [5.41, 5.74) is 7.77. The molecule has 27 heavy (non-hydrogen) atoms. The molecule has 10 heteroatoms. The molecular weight excluding hydrogens is 396 g/mol. The van der Waals surface area contributed by atoms with E-state index in [1.807, 2.05) is 0 Å². The summed E-state index contributed by atoms with van der Waals surface area (Å²) in [6.45, 7) is 0. The monoisotopic (exact) mass is 411 g/mol. The average Bonchev–Trinajstić information content (AvgIpc) is 3.24. The van der Waals surface area contributed by atoms with Gasteiger partial charge in [-0.2, -0.15) is 5.10 Å². The standard InChI is InChI=1S/C17H16ClF2N5OS/c18-9-3-5-25-13(6-9)10(7-22-25)12-8-27-16(23-12)15(26)24-14-11(21)2-1-4-17(14,19)20/h3,5-8,11,14H,1-2,4,21H2,(H,24,26)/t11-,14+/m0/s1. The molecule has 0 spiro atoms. The van der Waals surface area contributed by atoms with Crippen LogP contribution < -0.4 is 11.1 Å². The van der Waals surface area contributed by atoms with Crippen LogP contribution in [0.2, 0.25) is 5.02 Å². The molecule has 3 aromatic heterocycles. The van der Waals surface area contributed by atoms with E-state index in [4.69, 9.17) is 17.3 Å². The third-order valence-electron chi connectivity index (χ3n) is 4.68. The molecule has 142 valence electrons. The molecule has 3 heterocycles. The van der Waals surface area contributed by atoms with Crippen LogP contribution in [-0.2, 0) is 0 Å². The summed E-state index contributed by atoms with van der Waals surface area (Å²) < 4.78 is 29.8. The first-order valence-electron chi connectivity index (χ1n) is 8.38. The van der Waals surface area contributed by atoms with Crippen molar-refractivity contribution in [3.63, 3.8) is 0 Å². The van der Waals surface area contributed by atoms with Gasteiger partial charge < -0.3 is 11.1 Å². The first-order valence-corrected chi connectivity index (χ1v) is 9.64. The summed E-state index contributed by atoms with van der Waals surface area (Å²) >= 11 is 7.11. The number of pyridine rings is 1. The summed E-state index contributed by atoms with van der Waals surface area (Å²) in [6, 6.07) is 1.28. The number of nitrogens with two attached hydrogens (primary N) is 1. The van der Waals surface area contributed by atoms with E-state index in [-0.39, 0.29) is 11.4 Å². The van der Waals surface area contributed by atoms with Crippen LogP contribution >= 0.6 is 22.9 Å². The molecule has 3 aromatic rings. The molecule has 0 aliphatic heterocycles. The largest absolute Gasteiger partial charge is 0.340 e. The number of hydrogen-bond acceptors (Lipinski definition) is 5. The minimum Gasteiger partial charge on any atom is -0.340 e. The van der Waals surface area contributed by atoms with Gasteiger partial charge in [-0.15, -0.1) is 11.3 Å². The normalized spacial score (nSPS) is 22.1. The minimum atomic E-state index is -3.02. The van der Waals surface area contributed by atoms with Crippen LogP contribution in [0.4, 0.5) is 8.78 Å². The molecule has 6 nitrogen and oxygen atoms in total. The SMILES string of the molecule is N[C@H]1CCCC(F)(F)[C@@H]1NC(=O)c1nc(-c2cnn3ccc(Cl)cc23)cs1. The fourth-order valence-corrected chi connectivity index (χ4v) is 4.16. The van der Waals surface area contributed by atoms with Gasteiger partial charge >= 0.3 is 0 Å². The molecule has 0 unspecified atom stereocenters. The number of aromatic nitrogens is 3. The summed E-state index contributed by atoms with van der Waals surface area (Å²) in [5, 5.41) is 8.92. The second kappa shape index (κ2) is 6.81. The molecule has 0 bridgehead atoms. The molecule has 3 N–H and O–H groups in total.